The molecule has 1 aromatic rings. The summed E-state index contributed by atoms with van der Waals surface area (Å²) in [7, 11) is 0. The van der Waals surface area contributed by atoms with Crippen LogP contribution in [0.5, 0.6) is 5.75 Å². The lowest BCUT2D eigenvalue weighted by Gasteiger charge is -2.12. The number of esters is 1. The maximum absolute atomic E-state index is 11.5. The molecule has 1 aliphatic carbocycles. The molecule has 1 aromatic carbocycles. The molecule has 2 N–H and O–H groups in total. The number of nitrogen functional groups attached to an aromatic ring is 1. The average molecular weight is 249 g/mol. The van der Waals surface area contributed by atoms with E-state index in [1.54, 1.807) is 12.1 Å². The van der Waals surface area contributed by atoms with Gasteiger partial charge in [0.05, 0.1) is 18.7 Å². The smallest absolute Gasteiger partial charge is 0.309 e. The minimum absolute atomic E-state index is 0.124. The summed E-state index contributed by atoms with van der Waals surface area (Å²) >= 11 is 0. The molecular weight excluding hydrogens is 230 g/mol. The number of rotatable bonds is 5. The van der Waals surface area contributed by atoms with Gasteiger partial charge >= 0.3 is 5.97 Å². The summed E-state index contributed by atoms with van der Waals surface area (Å²) in [5.41, 5.74) is 6.31. The van der Waals surface area contributed by atoms with E-state index in [2.05, 4.69) is 0 Å². The van der Waals surface area contributed by atoms with Crippen LogP contribution in [0.1, 0.15) is 32.1 Å². The first-order valence-corrected chi connectivity index (χ1v) is 6.42. The molecule has 0 amide bonds. The van der Waals surface area contributed by atoms with Crippen LogP contribution in [-0.4, -0.2) is 18.7 Å². The van der Waals surface area contributed by atoms with Crippen molar-refractivity contribution in [3.8, 4) is 5.75 Å². The Morgan fingerprint density at radius 1 is 1.28 bits per heavy atom. The zero-order valence-electron chi connectivity index (χ0n) is 10.4. The average Bonchev–Trinajstić information content (AvgIpc) is 2.84. The van der Waals surface area contributed by atoms with Gasteiger partial charge in [-0.15, -0.1) is 0 Å². The molecule has 1 aliphatic rings. The standard InChI is InChI=1S/C14H19NO3/c15-12-7-3-4-8-13(12)17-10-9-14(16)18-11-5-1-2-6-11/h3-4,7-8,11H,1-2,5-6,9-10,15H2. The zero-order chi connectivity index (χ0) is 12.8. The number of benzene rings is 1. The van der Waals surface area contributed by atoms with Gasteiger partial charge in [0, 0.05) is 0 Å². The molecule has 0 aromatic heterocycles. The van der Waals surface area contributed by atoms with E-state index in [0.717, 1.165) is 25.7 Å². The maximum Gasteiger partial charge on any atom is 0.309 e. The molecule has 98 valence electrons. The predicted molar refractivity (Wildman–Crippen MR) is 69.3 cm³/mol. The number of carbonyl (C=O) groups excluding carboxylic acids is 1. The van der Waals surface area contributed by atoms with Crippen molar-refractivity contribution in [1.82, 2.24) is 0 Å². The lowest BCUT2D eigenvalue weighted by molar-refractivity contribution is -0.149. The number of nitrogens with two attached hydrogens (primary N) is 1. The van der Waals surface area contributed by atoms with Gasteiger partial charge in [-0.1, -0.05) is 12.1 Å². The summed E-state index contributed by atoms with van der Waals surface area (Å²) in [5, 5.41) is 0. The van der Waals surface area contributed by atoms with Crippen LogP contribution in [0.3, 0.4) is 0 Å². The van der Waals surface area contributed by atoms with E-state index in [-0.39, 0.29) is 18.5 Å². The third-order valence-electron chi connectivity index (χ3n) is 3.08. The van der Waals surface area contributed by atoms with E-state index in [1.165, 1.54) is 0 Å². The highest BCUT2D eigenvalue weighted by atomic mass is 16.5. The van der Waals surface area contributed by atoms with Crippen molar-refractivity contribution >= 4 is 11.7 Å². The second kappa shape index (κ2) is 6.28. The monoisotopic (exact) mass is 249 g/mol. The Bertz CT molecular complexity index is 400. The lowest BCUT2D eigenvalue weighted by Crippen LogP contribution is -2.17. The van der Waals surface area contributed by atoms with Crippen LogP contribution in [-0.2, 0) is 9.53 Å². The fraction of sp³-hybridized carbons (Fsp3) is 0.500. The van der Waals surface area contributed by atoms with Gasteiger partial charge in [-0.25, -0.2) is 0 Å². The highest BCUT2D eigenvalue weighted by Crippen LogP contribution is 2.22. The number of para-hydroxylation sites is 2. The Morgan fingerprint density at radius 3 is 2.72 bits per heavy atom. The number of hydrogen-bond acceptors (Lipinski definition) is 4. The summed E-state index contributed by atoms with van der Waals surface area (Å²) in [4.78, 5) is 11.5. The van der Waals surface area contributed by atoms with Crippen molar-refractivity contribution in [2.75, 3.05) is 12.3 Å². The largest absolute Gasteiger partial charge is 0.491 e. The van der Waals surface area contributed by atoms with Gasteiger partial charge in [-0.3, -0.25) is 4.79 Å². The highest BCUT2D eigenvalue weighted by molar-refractivity contribution is 5.69. The first-order valence-electron chi connectivity index (χ1n) is 6.42. The number of carbonyl (C=O) groups is 1. The minimum Gasteiger partial charge on any atom is -0.491 e. The summed E-state index contributed by atoms with van der Waals surface area (Å²) in [6, 6.07) is 7.25. The van der Waals surface area contributed by atoms with Crippen molar-refractivity contribution in [2.24, 2.45) is 0 Å². The summed E-state index contributed by atoms with van der Waals surface area (Å²) in [6.07, 6.45) is 4.71. The number of anilines is 1. The summed E-state index contributed by atoms with van der Waals surface area (Å²) in [5.74, 6) is 0.433. The molecule has 0 heterocycles. The Labute approximate surface area is 107 Å². The van der Waals surface area contributed by atoms with Crippen molar-refractivity contribution in [3.63, 3.8) is 0 Å². The van der Waals surface area contributed by atoms with Gasteiger partial charge in [0.15, 0.2) is 0 Å². The molecule has 0 aliphatic heterocycles. The third-order valence-corrected chi connectivity index (χ3v) is 3.08. The maximum atomic E-state index is 11.5. The van der Waals surface area contributed by atoms with Crippen LogP contribution >= 0.6 is 0 Å². The van der Waals surface area contributed by atoms with Crippen molar-refractivity contribution in [1.29, 1.82) is 0 Å². The first-order chi connectivity index (χ1) is 8.75. The van der Waals surface area contributed by atoms with Crippen LogP contribution < -0.4 is 10.5 Å². The van der Waals surface area contributed by atoms with E-state index < -0.39 is 0 Å². The van der Waals surface area contributed by atoms with Crippen molar-refractivity contribution in [3.05, 3.63) is 24.3 Å². The normalized spacial score (nSPS) is 15.6. The quantitative estimate of drug-likeness (QED) is 0.643. The summed E-state index contributed by atoms with van der Waals surface area (Å²) < 4.78 is 10.8. The first kappa shape index (κ1) is 12.7. The Hall–Kier alpha value is -1.71. The molecule has 1 fully saturated rings. The molecule has 4 heteroatoms. The lowest BCUT2D eigenvalue weighted by atomic mass is 10.3. The topological polar surface area (TPSA) is 61.5 Å². The Balaban J connectivity index is 1.68. The molecular formula is C14H19NO3. The van der Waals surface area contributed by atoms with E-state index >= 15 is 0 Å². The highest BCUT2D eigenvalue weighted by Gasteiger charge is 2.18. The van der Waals surface area contributed by atoms with Crippen LogP contribution in [0.15, 0.2) is 24.3 Å². The summed E-state index contributed by atoms with van der Waals surface area (Å²) in [6.45, 7) is 0.305. The molecule has 0 bridgehead atoms. The molecule has 1 saturated carbocycles. The molecule has 0 spiro atoms. The van der Waals surface area contributed by atoms with Gasteiger partial charge in [-0.2, -0.15) is 0 Å². The molecule has 0 unspecified atom stereocenters. The van der Waals surface area contributed by atoms with Gasteiger partial charge in [0.25, 0.3) is 0 Å². The van der Waals surface area contributed by atoms with Gasteiger partial charge < -0.3 is 15.2 Å². The molecule has 2 rings (SSSR count). The van der Waals surface area contributed by atoms with E-state index in [9.17, 15) is 4.79 Å². The Morgan fingerprint density at radius 2 is 2.00 bits per heavy atom. The molecule has 4 nitrogen and oxygen atoms in total. The van der Waals surface area contributed by atoms with Gasteiger partial charge in [0.1, 0.15) is 11.9 Å². The molecule has 0 atom stereocenters. The van der Waals surface area contributed by atoms with Crippen LogP contribution in [0, 0.1) is 0 Å². The second-order valence-corrected chi connectivity index (χ2v) is 4.53. The fourth-order valence-electron chi connectivity index (χ4n) is 2.11. The second-order valence-electron chi connectivity index (χ2n) is 4.53. The van der Waals surface area contributed by atoms with Crippen molar-refractivity contribution < 1.29 is 14.3 Å². The van der Waals surface area contributed by atoms with Crippen LogP contribution in [0.4, 0.5) is 5.69 Å². The minimum atomic E-state index is -0.184. The van der Waals surface area contributed by atoms with E-state index in [1.807, 2.05) is 12.1 Å². The molecule has 0 radical (unpaired) electrons. The van der Waals surface area contributed by atoms with E-state index in [0.29, 0.717) is 18.0 Å². The van der Waals surface area contributed by atoms with Crippen molar-refractivity contribution in [2.45, 2.75) is 38.2 Å². The predicted octanol–water partition coefficient (Wildman–Crippen LogP) is 2.52. The van der Waals surface area contributed by atoms with Gasteiger partial charge in [0.2, 0.25) is 0 Å². The zero-order valence-corrected chi connectivity index (χ0v) is 10.4. The van der Waals surface area contributed by atoms with Gasteiger partial charge in [-0.05, 0) is 37.8 Å². The number of hydrogen-bond donors (Lipinski definition) is 1. The molecule has 18 heavy (non-hydrogen) atoms. The SMILES string of the molecule is Nc1ccccc1OCCC(=O)OC1CCCC1. The fourth-order valence-corrected chi connectivity index (χ4v) is 2.11. The van der Waals surface area contributed by atoms with Crippen LogP contribution in [0.2, 0.25) is 0 Å². The molecule has 0 saturated heterocycles. The Kier molecular flexibility index (Phi) is 4.45. The van der Waals surface area contributed by atoms with Crippen LogP contribution in [0.25, 0.3) is 0 Å². The third kappa shape index (κ3) is 3.65. The number of ether oxygens (including phenoxy) is 2. The van der Waals surface area contributed by atoms with E-state index in [4.69, 9.17) is 15.2 Å².